The van der Waals surface area contributed by atoms with Crippen molar-refractivity contribution in [2.45, 2.75) is 31.6 Å². The molecule has 0 aromatic heterocycles. The molecule has 0 fully saturated rings. The van der Waals surface area contributed by atoms with Gasteiger partial charge in [-0.25, -0.2) is 0 Å². The molecule has 1 aromatic rings. The SMILES string of the molecule is CC(C)CCCS(=O)c1ccc(Br)cc1N. The van der Waals surface area contributed by atoms with Crippen LogP contribution in [0.1, 0.15) is 26.7 Å². The van der Waals surface area contributed by atoms with E-state index < -0.39 is 10.8 Å². The van der Waals surface area contributed by atoms with E-state index in [1.807, 2.05) is 12.1 Å². The molecule has 90 valence electrons. The number of hydrogen-bond donors (Lipinski definition) is 1. The highest BCUT2D eigenvalue weighted by Gasteiger charge is 2.08. The van der Waals surface area contributed by atoms with Gasteiger partial charge in [-0.2, -0.15) is 0 Å². The second kappa shape index (κ2) is 6.40. The minimum Gasteiger partial charge on any atom is -0.398 e. The number of hydrogen-bond acceptors (Lipinski definition) is 2. The number of nitrogens with two attached hydrogens (primary N) is 1. The van der Waals surface area contributed by atoms with Gasteiger partial charge in [-0.05, 0) is 30.5 Å². The average molecular weight is 304 g/mol. The Morgan fingerprint density at radius 2 is 2.12 bits per heavy atom. The van der Waals surface area contributed by atoms with E-state index >= 15 is 0 Å². The Morgan fingerprint density at radius 1 is 1.44 bits per heavy atom. The van der Waals surface area contributed by atoms with Gasteiger partial charge in [-0.15, -0.1) is 0 Å². The van der Waals surface area contributed by atoms with Crippen LogP contribution in [-0.4, -0.2) is 9.96 Å². The highest BCUT2D eigenvalue weighted by molar-refractivity contribution is 9.10. The Labute approximate surface area is 108 Å². The Hall–Kier alpha value is -0.350. The van der Waals surface area contributed by atoms with E-state index in [-0.39, 0.29) is 0 Å². The molecule has 1 atom stereocenters. The third kappa shape index (κ3) is 4.26. The van der Waals surface area contributed by atoms with Crippen molar-refractivity contribution < 1.29 is 4.21 Å². The van der Waals surface area contributed by atoms with Crippen molar-refractivity contribution in [1.82, 2.24) is 0 Å². The largest absolute Gasteiger partial charge is 0.398 e. The summed E-state index contributed by atoms with van der Waals surface area (Å²) in [6.07, 6.45) is 2.10. The first-order valence-corrected chi connectivity index (χ1v) is 7.55. The van der Waals surface area contributed by atoms with E-state index in [1.54, 1.807) is 6.07 Å². The molecule has 0 aliphatic rings. The normalized spacial score (nSPS) is 13.0. The predicted molar refractivity (Wildman–Crippen MR) is 73.9 cm³/mol. The zero-order valence-electron chi connectivity index (χ0n) is 9.70. The molecule has 0 aliphatic heterocycles. The summed E-state index contributed by atoms with van der Waals surface area (Å²) in [5.41, 5.74) is 6.44. The van der Waals surface area contributed by atoms with Crippen LogP contribution < -0.4 is 5.73 Å². The second-order valence-electron chi connectivity index (χ2n) is 4.27. The number of nitrogen functional groups attached to an aromatic ring is 1. The van der Waals surface area contributed by atoms with E-state index in [0.717, 1.165) is 22.2 Å². The summed E-state index contributed by atoms with van der Waals surface area (Å²) in [7, 11) is -0.966. The van der Waals surface area contributed by atoms with Crippen LogP contribution in [0.4, 0.5) is 5.69 Å². The first kappa shape index (κ1) is 13.7. The van der Waals surface area contributed by atoms with E-state index in [2.05, 4.69) is 29.8 Å². The lowest BCUT2D eigenvalue weighted by Crippen LogP contribution is -2.03. The average Bonchev–Trinajstić information content (AvgIpc) is 2.16. The summed E-state index contributed by atoms with van der Waals surface area (Å²) in [5.74, 6) is 1.36. The van der Waals surface area contributed by atoms with E-state index in [4.69, 9.17) is 5.73 Å². The van der Waals surface area contributed by atoms with Crippen molar-refractivity contribution in [2.24, 2.45) is 5.92 Å². The maximum atomic E-state index is 12.0. The summed E-state index contributed by atoms with van der Waals surface area (Å²) < 4.78 is 12.9. The minimum atomic E-state index is -0.966. The fourth-order valence-electron chi connectivity index (χ4n) is 1.46. The van der Waals surface area contributed by atoms with Gasteiger partial charge in [0.15, 0.2) is 0 Å². The third-order valence-electron chi connectivity index (χ3n) is 2.33. The van der Waals surface area contributed by atoms with Crippen LogP contribution in [0.2, 0.25) is 0 Å². The Morgan fingerprint density at radius 3 is 2.69 bits per heavy atom. The highest BCUT2D eigenvalue weighted by atomic mass is 79.9. The summed E-state index contributed by atoms with van der Waals surface area (Å²) >= 11 is 3.34. The molecule has 2 nitrogen and oxygen atoms in total. The lowest BCUT2D eigenvalue weighted by Gasteiger charge is -2.07. The summed E-state index contributed by atoms with van der Waals surface area (Å²) in [4.78, 5) is 0.756. The van der Waals surface area contributed by atoms with Crippen LogP contribution in [-0.2, 0) is 10.8 Å². The molecular weight excluding hydrogens is 286 g/mol. The molecule has 1 rings (SSSR count). The third-order valence-corrected chi connectivity index (χ3v) is 4.34. The molecule has 0 saturated carbocycles. The number of benzene rings is 1. The van der Waals surface area contributed by atoms with E-state index in [0.29, 0.717) is 17.4 Å². The quantitative estimate of drug-likeness (QED) is 0.845. The van der Waals surface area contributed by atoms with Crippen LogP contribution in [0, 0.1) is 5.92 Å². The van der Waals surface area contributed by atoms with Gasteiger partial charge in [0.1, 0.15) is 0 Å². The molecule has 0 saturated heterocycles. The lowest BCUT2D eigenvalue weighted by molar-refractivity contribution is 0.575. The van der Waals surface area contributed by atoms with Crippen molar-refractivity contribution in [3.8, 4) is 0 Å². The van der Waals surface area contributed by atoms with Crippen LogP contribution >= 0.6 is 15.9 Å². The minimum absolute atomic E-state index is 0.609. The fraction of sp³-hybridized carbons (Fsp3) is 0.500. The zero-order valence-corrected chi connectivity index (χ0v) is 12.1. The molecule has 0 spiro atoms. The van der Waals surface area contributed by atoms with Gasteiger partial charge < -0.3 is 5.73 Å². The predicted octanol–water partition coefficient (Wildman–Crippen LogP) is 3.58. The smallest absolute Gasteiger partial charge is 0.0618 e. The Balaban J connectivity index is 2.59. The summed E-state index contributed by atoms with van der Waals surface area (Å²) in [6, 6.07) is 5.52. The Bertz CT molecular complexity index is 379. The van der Waals surface area contributed by atoms with Crippen LogP contribution in [0.3, 0.4) is 0 Å². The van der Waals surface area contributed by atoms with Crippen molar-refractivity contribution in [1.29, 1.82) is 0 Å². The highest BCUT2D eigenvalue weighted by Crippen LogP contribution is 2.22. The standard InChI is InChI=1S/C12H18BrNOS/c1-9(2)4-3-7-16(15)12-6-5-10(13)8-11(12)14/h5-6,8-9H,3-4,7,14H2,1-2H3. The van der Waals surface area contributed by atoms with Gasteiger partial charge in [-0.1, -0.05) is 36.2 Å². The lowest BCUT2D eigenvalue weighted by atomic mass is 10.1. The maximum absolute atomic E-state index is 12.0. The van der Waals surface area contributed by atoms with Gasteiger partial charge in [0.2, 0.25) is 0 Å². The van der Waals surface area contributed by atoms with Crippen molar-refractivity contribution in [3.63, 3.8) is 0 Å². The van der Waals surface area contributed by atoms with Gasteiger partial charge in [0.05, 0.1) is 15.7 Å². The summed E-state index contributed by atoms with van der Waals surface area (Å²) in [6.45, 7) is 4.35. The van der Waals surface area contributed by atoms with Crippen molar-refractivity contribution >= 4 is 32.4 Å². The van der Waals surface area contributed by atoms with Crippen LogP contribution in [0.5, 0.6) is 0 Å². The number of halogens is 1. The van der Waals surface area contributed by atoms with Crippen molar-refractivity contribution in [3.05, 3.63) is 22.7 Å². The second-order valence-corrected chi connectivity index (χ2v) is 6.72. The molecule has 0 bridgehead atoms. The van der Waals surface area contributed by atoms with E-state index in [9.17, 15) is 4.21 Å². The molecule has 0 amide bonds. The van der Waals surface area contributed by atoms with Crippen LogP contribution in [0.15, 0.2) is 27.6 Å². The van der Waals surface area contributed by atoms with Gasteiger partial charge in [-0.3, -0.25) is 4.21 Å². The van der Waals surface area contributed by atoms with Gasteiger partial charge in [0.25, 0.3) is 0 Å². The molecule has 0 aliphatic carbocycles. The fourth-order valence-corrected chi connectivity index (χ4v) is 3.03. The molecule has 2 N–H and O–H groups in total. The summed E-state index contributed by atoms with van der Waals surface area (Å²) in [5, 5.41) is 0. The van der Waals surface area contributed by atoms with Gasteiger partial charge >= 0.3 is 0 Å². The molecule has 1 aromatic carbocycles. The maximum Gasteiger partial charge on any atom is 0.0618 e. The van der Waals surface area contributed by atoms with Crippen molar-refractivity contribution in [2.75, 3.05) is 11.5 Å². The van der Waals surface area contributed by atoms with E-state index in [1.165, 1.54) is 0 Å². The molecule has 0 radical (unpaired) electrons. The molecule has 4 heteroatoms. The monoisotopic (exact) mass is 303 g/mol. The van der Waals surface area contributed by atoms with Crippen LogP contribution in [0.25, 0.3) is 0 Å². The molecule has 0 heterocycles. The molecule has 16 heavy (non-hydrogen) atoms. The molecule has 1 unspecified atom stereocenters. The topological polar surface area (TPSA) is 43.1 Å². The number of anilines is 1. The zero-order chi connectivity index (χ0) is 12.1. The first-order chi connectivity index (χ1) is 7.50. The van der Waals surface area contributed by atoms with Gasteiger partial charge in [0, 0.05) is 15.9 Å². The number of rotatable bonds is 5. The first-order valence-electron chi connectivity index (χ1n) is 5.44. The Kier molecular flexibility index (Phi) is 5.49. The molecular formula is C12H18BrNOS.